The molecule has 5 nitrogen and oxygen atoms in total. The smallest absolute Gasteiger partial charge is 0.340 e. The van der Waals surface area contributed by atoms with Crippen molar-refractivity contribution in [3.63, 3.8) is 0 Å². The SMILES string of the molecule is CN1[C@@H]2CC[C@H]1CC(OC(=O)c1cc(Cl)cc3[nH]cnc13)C2. The van der Waals surface area contributed by atoms with Crippen molar-refractivity contribution in [2.75, 3.05) is 7.05 Å². The molecule has 2 saturated heterocycles. The van der Waals surface area contributed by atoms with Crippen LogP contribution in [0.5, 0.6) is 0 Å². The number of fused-ring (bicyclic) bond motifs is 3. The number of ether oxygens (including phenoxy) is 1. The van der Waals surface area contributed by atoms with Gasteiger partial charge in [-0.2, -0.15) is 0 Å². The van der Waals surface area contributed by atoms with Crippen LogP contribution < -0.4 is 0 Å². The summed E-state index contributed by atoms with van der Waals surface area (Å²) in [7, 11) is 2.17. The largest absolute Gasteiger partial charge is 0.459 e. The van der Waals surface area contributed by atoms with Gasteiger partial charge in [-0.1, -0.05) is 11.6 Å². The zero-order valence-corrected chi connectivity index (χ0v) is 13.1. The van der Waals surface area contributed by atoms with E-state index in [2.05, 4.69) is 21.9 Å². The van der Waals surface area contributed by atoms with Gasteiger partial charge in [0.25, 0.3) is 0 Å². The van der Waals surface area contributed by atoms with E-state index in [1.54, 1.807) is 18.5 Å². The number of carbonyl (C=O) groups excluding carboxylic acids is 1. The van der Waals surface area contributed by atoms with Crippen LogP contribution in [0.3, 0.4) is 0 Å². The molecule has 2 fully saturated rings. The van der Waals surface area contributed by atoms with Crippen LogP contribution in [0, 0.1) is 0 Å². The Balaban J connectivity index is 1.56. The molecule has 0 radical (unpaired) electrons. The zero-order valence-electron chi connectivity index (χ0n) is 12.4. The first-order chi connectivity index (χ1) is 10.6. The molecule has 1 aromatic heterocycles. The van der Waals surface area contributed by atoms with Gasteiger partial charge in [0.15, 0.2) is 0 Å². The molecule has 2 aliphatic heterocycles. The molecule has 1 N–H and O–H groups in total. The monoisotopic (exact) mass is 319 g/mol. The molecule has 1 aromatic carbocycles. The van der Waals surface area contributed by atoms with Gasteiger partial charge in [0.05, 0.1) is 17.4 Å². The van der Waals surface area contributed by atoms with Gasteiger partial charge in [0.1, 0.15) is 11.6 Å². The fourth-order valence-electron chi connectivity index (χ4n) is 3.84. The molecule has 0 amide bonds. The predicted octanol–water partition coefficient (Wildman–Crippen LogP) is 3.00. The number of imidazole rings is 1. The summed E-state index contributed by atoms with van der Waals surface area (Å²) in [4.78, 5) is 22.2. The Bertz CT molecular complexity index is 715. The van der Waals surface area contributed by atoms with Crippen molar-refractivity contribution < 1.29 is 9.53 Å². The van der Waals surface area contributed by atoms with Crippen molar-refractivity contribution in [2.45, 2.75) is 43.9 Å². The molecular weight excluding hydrogens is 302 g/mol. The average Bonchev–Trinajstić information content (AvgIpc) is 3.00. The van der Waals surface area contributed by atoms with Gasteiger partial charge < -0.3 is 14.6 Å². The molecule has 2 aromatic rings. The number of piperidine rings is 1. The van der Waals surface area contributed by atoms with Crippen LogP contribution in [-0.2, 0) is 4.74 Å². The van der Waals surface area contributed by atoms with Gasteiger partial charge in [0, 0.05) is 29.9 Å². The summed E-state index contributed by atoms with van der Waals surface area (Å²) in [6.45, 7) is 0. The van der Waals surface area contributed by atoms with Crippen LogP contribution in [-0.4, -0.2) is 46.1 Å². The number of carbonyl (C=O) groups is 1. The number of aromatic amines is 1. The number of benzene rings is 1. The van der Waals surface area contributed by atoms with Crippen LogP contribution in [0.2, 0.25) is 5.02 Å². The highest BCUT2D eigenvalue weighted by atomic mass is 35.5. The lowest BCUT2D eigenvalue weighted by Crippen LogP contribution is -2.43. The summed E-state index contributed by atoms with van der Waals surface area (Å²) in [5, 5.41) is 0.507. The molecular formula is C16H18ClN3O2. The summed E-state index contributed by atoms with van der Waals surface area (Å²) in [6.07, 6.45) is 5.81. The maximum absolute atomic E-state index is 12.5. The molecule has 1 unspecified atom stereocenters. The number of nitrogens with zero attached hydrogens (tertiary/aromatic N) is 2. The second-order valence-corrected chi connectivity index (χ2v) is 6.74. The third kappa shape index (κ3) is 2.29. The van der Waals surface area contributed by atoms with Crippen LogP contribution >= 0.6 is 11.6 Å². The van der Waals surface area contributed by atoms with E-state index in [1.807, 2.05) is 0 Å². The first-order valence-corrected chi connectivity index (χ1v) is 8.05. The summed E-state index contributed by atoms with van der Waals surface area (Å²) in [5.74, 6) is -0.325. The number of H-pyrrole nitrogens is 1. The van der Waals surface area contributed by atoms with E-state index in [-0.39, 0.29) is 12.1 Å². The predicted molar refractivity (Wildman–Crippen MR) is 84.1 cm³/mol. The lowest BCUT2D eigenvalue weighted by atomic mass is 10.0. The van der Waals surface area contributed by atoms with Crippen LogP contribution in [0.25, 0.3) is 11.0 Å². The van der Waals surface area contributed by atoms with E-state index in [0.717, 1.165) is 18.4 Å². The van der Waals surface area contributed by atoms with Gasteiger partial charge >= 0.3 is 5.97 Å². The Labute approximate surface area is 133 Å². The van der Waals surface area contributed by atoms with Crippen molar-refractivity contribution in [1.29, 1.82) is 0 Å². The lowest BCUT2D eigenvalue weighted by molar-refractivity contribution is -0.000279. The maximum atomic E-state index is 12.5. The summed E-state index contributed by atoms with van der Waals surface area (Å²) < 4.78 is 5.76. The van der Waals surface area contributed by atoms with Crippen molar-refractivity contribution in [3.8, 4) is 0 Å². The molecule has 0 spiro atoms. The molecule has 116 valence electrons. The number of aromatic nitrogens is 2. The van der Waals surface area contributed by atoms with Gasteiger partial charge in [-0.3, -0.25) is 0 Å². The molecule has 0 aliphatic carbocycles. The average molecular weight is 320 g/mol. The summed E-state index contributed by atoms with van der Waals surface area (Å²) in [6, 6.07) is 4.48. The lowest BCUT2D eigenvalue weighted by Gasteiger charge is -2.35. The van der Waals surface area contributed by atoms with Gasteiger partial charge in [-0.05, 0) is 32.0 Å². The summed E-state index contributed by atoms with van der Waals surface area (Å²) in [5.41, 5.74) is 1.81. The topological polar surface area (TPSA) is 58.2 Å². The Morgan fingerprint density at radius 1 is 1.36 bits per heavy atom. The number of esters is 1. The van der Waals surface area contributed by atoms with E-state index in [4.69, 9.17) is 16.3 Å². The molecule has 6 heteroatoms. The second kappa shape index (κ2) is 5.25. The van der Waals surface area contributed by atoms with Gasteiger partial charge in [-0.15, -0.1) is 0 Å². The highest BCUT2D eigenvalue weighted by Crippen LogP contribution is 2.36. The Morgan fingerprint density at radius 3 is 2.82 bits per heavy atom. The molecule has 4 rings (SSSR count). The van der Waals surface area contributed by atoms with E-state index < -0.39 is 0 Å². The minimum atomic E-state index is -0.325. The highest BCUT2D eigenvalue weighted by Gasteiger charge is 2.40. The quantitative estimate of drug-likeness (QED) is 0.865. The zero-order chi connectivity index (χ0) is 15.3. The third-order valence-corrected chi connectivity index (χ3v) is 5.26. The minimum Gasteiger partial charge on any atom is -0.459 e. The summed E-state index contributed by atoms with van der Waals surface area (Å²) >= 11 is 6.08. The van der Waals surface area contributed by atoms with Crippen molar-refractivity contribution >= 4 is 28.6 Å². The first-order valence-electron chi connectivity index (χ1n) is 7.67. The number of hydrogen-bond acceptors (Lipinski definition) is 4. The van der Waals surface area contributed by atoms with E-state index >= 15 is 0 Å². The van der Waals surface area contributed by atoms with Gasteiger partial charge in [0.2, 0.25) is 0 Å². The molecule has 2 aliphatic rings. The van der Waals surface area contributed by atoms with E-state index in [1.165, 1.54) is 12.8 Å². The third-order valence-electron chi connectivity index (χ3n) is 5.04. The number of nitrogens with one attached hydrogen (secondary N) is 1. The first kappa shape index (κ1) is 14.0. The second-order valence-electron chi connectivity index (χ2n) is 6.30. The van der Waals surface area contributed by atoms with Crippen molar-refractivity contribution in [1.82, 2.24) is 14.9 Å². The van der Waals surface area contributed by atoms with E-state index in [0.29, 0.717) is 28.2 Å². The number of rotatable bonds is 2. The fourth-order valence-corrected chi connectivity index (χ4v) is 4.06. The van der Waals surface area contributed by atoms with Crippen LogP contribution in [0.1, 0.15) is 36.0 Å². The molecule has 0 saturated carbocycles. The fraction of sp³-hybridized carbons (Fsp3) is 0.500. The Morgan fingerprint density at radius 2 is 2.09 bits per heavy atom. The standard InChI is InChI=1S/C16H18ClN3O2/c1-20-10-2-3-11(20)7-12(6-10)22-16(21)13-4-9(17)5-14-15(13)19-8-18-14/h4-5,8,10-12H,2-3,6-7H2,1H3,(H,18,19)/t10-,11+,12?. The number of halogens is 1. The Kier molecular flexibility index (Phi) is 3.35. The normalized spacial score (nSPS) is 28.2. The highest BCUT2D eigenvalue weighted by molar-refractivity contribution is 6.31. The van der Waals surface area contributed by atoms with Crippen molar-refractivity contribution in [2.24, 2.45) is 0 Å². The molecule has 3 atom stereocenters. The molecule has 22 heavy (non-hydrogen) atoms. The number of hydrogen-bond donors (Lipinski definition) is 1. The van der Waals surface area contributed by atoms with Crippen LogP contribution in [0.15, 0.2) is 18.5 Å². The molecule has 2 bridgehead atoms. The molecule has 3 heterocycles. The van der Waals surface area contributed by atoms with Gasteiger partial charge in [-0.25, -0.2) is 9.78 Å². The van der Waals surface area contributed by atoms with E-state index in [9.17, 15) is 4.79 Å². The maximum Gasteiger partial charge on any atom is 0.340 e. The Hall–Kier alpha value is -1.59. The van der Waals surface area contributed by atoms with Crippen molar-refractivity contribution in [3.05, 3.63) is 29.0 Å². The minimum absolute atomic E-state index is 0.00539. The van der Waals surface area contributed by atoms with Crippen LogP contribution in [0.4, 0.5) is 0 Å².